The van der Waals surface area contributed by atoms with Crippen LogP contribution in [0.4, 0.5) is 11.5 Å². The maximum absolute atomic E-state index is 12.9. The lowest BCUT2D eigenvalue weighted by atomic mass is 10.1. The third kappa shape index (κ3) is 3.56. The molecule has 1 amide bonds. The van der Waals surface area contributed by atoms with Crippen LogP contribution in [0.3, 0.4) is 0 Å². The van der Waals surface area contributed by atoms with Crippen molar-refractivity contribution in [1.82, 2.24) is 4.98 Å². The van der Waals surface area contributed by atoms with E-state index in [9.17, 15) is 13.2 Å². The summed E-state index contributed by atoms with van der Waals surface area (Å²) in [6.07, 6.45) is 3.59. The number of amides is 1. The molecule has 0 fully saturated rings. The molecule has 0 spiro atoms. The minimum absolute atomic E-state index is 0.0102. The van der Waals surface area contributed by atoms with Crippen LogP contribution in [0.15, 0.2) is 42.6 Å². The van der Waals surface area contributed by atoms with Gasteiger partial charge in [0.25, 0.3) is 5.91 Å². The van der Waals surface area contributed by atoms with E-state index < -0.39 is 9.84 Å². The average molecular weight is 345 g/mol. The Hall–Kier alpha value is -2.41. The van der Waals surface area contributed by atoms with Gasteiger partial charge in [-0.1, -0.05) is 18.2 Å². The van der Waals surface area contributed by atoms with Crippen molar-refractivity contribution in [3.8, 4) is 0 Å². The molecule has 6 nitrogen and oxygen atoms in total. The number of carbonyl (C=O) groups excluding carboxylic acids is 1. The summed E-state index contributed by atoms with van der Waals surface area (Å²) in [5, 5.41) is 2.96. The van der Waals surface area contributed by atoms with Crippen molar-refractivity contribution in [2.45, 2.75) is 6.42 Å². The SMILES string of the molecule is CS(=O)(=O)CCNc1ncccc1C(=O)N1CCc2ccccc21. The van der Waals surface area contributed by atoms with E-state index in [0.29, 0.717) is 17.9 Å². The Bertz CT molecular complexity index is 865. The first-order chi connectivity index (χ1) is 11.5. The normalized spacial score (nSPS) is 13.6. The van der Waals surface area contributed by atoms with E-state index in [1.165, 1.54) is 6.26 Å². The largest absolute Gasteiger partial charge is 0.368 e. The lowest BCUT2D eigenvalue weighted by molar-refractivity contribution is 0.0990. The molecule has 1 aromatic carbocycles. The van der Waals surface area contributed by atoms with E-state index >= 15 is 0 Å². The number of hydrogen-bond acceptors (Lipinski definition) is 5. The minimum atomic E-state index is -3.07. The first-order valence-electron chi connectivity index (χ1n) is 7.72. The van der Waals surface area contributed by atoms with Crippen molar-refractivity contribution >= 4 is 27.2 Å². The van der Waals surface area contributed by atoms with Crippen LogP contribution in [0.5, 0.6) is 0 Å². The summed E-state index contributed by atoms with van der Waals surface area (Å²) >= 11 is 0. The molecule has 0 saturated heterocycles. The van der Waals surface area contributed by atoms with Crippen molar-refractivity contribution in [1.29, 1.82) is 0 Å². The van der Waals surface area contributed by atoms with E-state index in [2.05, 4.69) is 10.3 Å². The maximum Gasteiger partial charge on any atom is 0.262 e. The zero-order valence-electron chi connectivity index (χ0n) is 13.4. The third-order valence-electron chi connectivity index (χ3n) is 3.94. The molecule has 2 aromatic rings. The Labute approximate surface area is 141 Å². The van der Waals surface area contributed by atoms with Gasteiger partial charge in [0.15, 0.2) is 0 Å². The molecule has 3 rings (SSSR count). The Morgan fingerprint density at radius 3 is 2.83 bits per heavy atom. The number of nitrogens with zero attached hydrogens (tertiary/aromatic N) is 2. The van der Waals surface area contributed by atoms with Gasteiger partial charge in [0.2, 0.25) is 0 Å². The summed E-state index contributed by atoms with van der Waals surface area (Å²) in [6.45, 7) is 0.850. The van der Waals surface area contributed by atoms with Gasteiger partial charge in [0.1, 0.15) is 15.7 Å². The molecule has 0 unspecified atom stereocenters. The number of rotatable bonds is 5. The first-order valence-corrected chi connectivity index (χ1v) is 9.78. The highest BCUT2D eigenvalue weighted by Gasteiger charge is 2.26. The predicted molar refractivity (Wildman–Crippen MR) is 94.3 cm³/mol. The molecule has 0 atom stereocenters. The molecule has 0 saturated carbocycles. The highest BCUT2D eigenvalue weighted by Crippen LogP contribution is 2.29. The van der Waals surface area contributed by atoms with Gasteiger partial charge < -0.3 is 10.2 Å². The van der Waals surface area contributed by atoms with Gasteiger partial charge in [0.05, 0.1) is 11.3 Å². The Balaban J connectivity index is 1.81. The van der Waals surface area contributed by atoms with Crippen LogP contribution in [0.25, 0.3) is 0 Å². The van der Waals surface area contributed by atoms with Crippen molar-refractivity contribution in [2.75, 3.05) is 35.3 Å². The second-order valence-corrected chi connectivity index (χ2v) is 8.05. The molecule has 0 aliphatic carbocycles. The maximum atomic E-state index is 12.9. The van der Waals surface area contributed by atoms with E-state index in [4.69, 9.17) is 0 Å². The topological polar surface area (TPSA) is 79.4 Å². The average Bonchev–Trinajstić information content (AvgIpc) is 2.97. The van der Waals surface area contributed by atoms with E-state index in [0.717, 1.165) is 17.7 Å². The number of aromatic nitrogens is 1. The van der Waals surface area contributed by atoms with Crippen LogP contribution in [-0.2, 0) is 16.3 Å². The molecular formula is C17H19N3O3S. The highest BCUT2D eigenvalue weighted by molar-refractivity contribution is 7.90. The molecule has 24 heavy (non-hydrogen) atoms. The summed E-state index contributed by atoms with van der Waals surface area (Å²) in [5.74, 6) is 0.273. The number of anilines is 2. The Kier molecular flexibility index (Phi) is 4.53. The third-order valence-corrected chi connectivity index (χ3v) is 4.88. The second kappa shape index (κ2) is 6.60. The summed E-state index contributed by atoms with van der Waals surface area (Å²) in [4.78, 5) is 18.9. The molecular weight excluding hydrogens is 326 g/mol. The molecule has 7 heteroatoms. The molecule has 1 aliphatic rings. The van der Waals surface area contributed by atoms with Crippen molar-refractivity contribution in [3.63, 3.8) is 0 Å². The van der Waals surface area contributed by atoms with Crippen molar-refractivity contribution < 1.29 is 13.2 Å². The van der Waals surface area contributed by atoms with Gasteiger partial charge in [-0.05, 0) is 30.2 Å². The Morgan fingerprint density at radius 1 is 1.25 bits per heavy atom. The van der Waals surface area contributed by atoms with Gasteiger partial charge in [-0.3, -0.25) is 4.79 Å². The molecule has 0 radical (unpaired) electrons. The smallest absolute Gasteiger partial charge is 0.262 e. The van der Waals surface area contributed by atoms with Crippen LogP contribution < -0.4 is 10.2 Å². The van der Waals surface area contributed by atoms with Gasteiger partial charge in [-0.25, -0.2) is 13.4 Å². The summed E-state index contributed by atoms with van der Waals surface area (Å²) < 4.78 is 22.5. The van der Waals surface area contributed by atoms with Crippen molar-refractivity contribution in [3.05, 3.63) is 53.7 Å². The molecule has 1 aliphatic heterocycles. The second-order valence-electron chi connectivity index (χ2n) is 5.79. The summed E-state index contributed by atoms with van der Waals surface area (Å²) in [5.41, 5.74) is 2.53. The van der Waals surface area contributed by atoms with E-state index in [1.807, 2.05) is 24.3 Å². The fourth-order valence-electron chi connectivity index (χ4n) is 2.77. The number of pyridine rings is 1. The number of carbonyl (C=O) groups is 1. The summed E-state index contributed by atoms with van der Waals surface area (Å²) in [7, 11) is -3.07. The number of nitrogens with one attached hydrogen (secondary N) is 1. The zero-order valence-corrected chi connectivity index (χ0v) is 14.2. The molecule has 0 bridgehead atoms. The van der Waals surface area contributed by atoms with Gasteiger partial charge in [0, 0.05) is 31.2 Å². The number of hydrogen-bond donors (Lipinski definition) is 1. The number of para-hydroxylation sites is 1. The highest BCUT2D eigenvalue weighted by atomic mass is 32.2. The number of fused-ring (bicyclic) bond motifs is 1. The van der Waals surface area contributed by atoms with Crippen LogP contribution in [0.1, 0.15) is 15.9 Å². The lowest BCUT2D eigenvalue weighted by Gasteiger charge is -2.19. The summed E-state index contributed by atoms with van der Waals surface area (Å²) in [6, 6.07) is 11.3. The van der Waals surface area contributed by atoms with Gasteiger partial charge in [-0.2, -0.15) is 0 Å². The van der Waals surface area contributed by atoms with Crippen LogP contribution in [0, 0.1) is 0 Å². The van der Waals surface area contributed by atoms with Gasteiger partial charge in [-0.15, -0.1) is 0 Å². The monoisotopic (exact) mass is 345 g/mol. The zero-order chi connectivity index (χ0) is 17.2. The lowest BCUT2D eigenvalue weighted by Crippen LogP contribution is -2.30. The standard InChI is InChI=1S/C17H19N3O3S/c1-24(22,23)12-10-19-16-14(6-4-9-18-16)17(21)20-11-8-13-5-2-3-7-15(13)20/h2-7,9H,8,10-12H2,1H3,(H,18,19). The van der Waals surface area contributed by atoms with E-state index in [-0.39, 0.29) is 18.2 Å². The number of sulfone groups is 1. The van der Waals surface area contributed by atoms with Crippen LogP contribution in [-0.4, -0.2) is 44.4 Å². The van der Waals surface area contributed by atoms with Crippen LogP contribution in [0.2, 0.25) is 0 Å². The Morgan fingerprint density at radius 2 is 2.04 bits per heavy atom. The fourth-order valence-corrected chi connectivity index (χ4v) is 3.24. The number of benzene rings is 1. The minimum Gasteiger partial charge on any atom is -0.368 e. The van der Waals surface area contributed by atoms with Crippen molar-refractivity contribution in [2.24, 2.45) is 0 Å². The molecule has 1 N–H and O–H groups in total. The first kappa shape index (κ1) is 16.4. The fraction of sp³-hybridized carbons (Fsp3) is 0.294. The molecule has 1 aromatic heterocycles. The predicted octanol–water partition coefficient (Wildman–Crippen LogP) is 1.74. The van der Waals surface area contributed by atoms with Gasteiger partial charge >= 0.3 is 0 Å². The van der Waals surface area contributed by atoms with E-state index in [1.54, 1.807) is 23.2 Å². The molecule has 2 heterocycles. The quantitative estimate of drug-likeness (QED) is 0.893. The molecule has 126 valence electrons. The van der Waals surface area contributed by atoms with Crippen LogP contribution >= 0.6 is 0 Å².